The zero-order chi connectivity index (χ0) is 16.8. The van der Waals surface area contributed by atoms with Crippen molar-refractivity contribution in [2.75, 3.05) is 5.32 Å². The topological polar surface area (TPSA) is 90.2 Å². The molecule has 2 N–H and O–H groups in total. The molecule has 0 saturated carbocycles. The molecule has 0 aliphatic carbocycles. The first-order chi connectivity index (χ1) is 11.0. The second-order valence-electron chi connectivity index (χ2n) is 4.92. The van der Waals surface area contributed by atoms with Gasteiger partial charge in [0.1, 0.15) is 11.6 Å². The predicted molar refractivity (Wildman–Crippen MR) is 86.8 cm³/mol. The van der Waals surface area contributed by atoms with Crippen molar-refractivity contribution in [3.05, 3.63) is 70.8 Å². The van der Waals surface area contributed by atoms with Crippen LogP contribution >= 0.6 is 0 Å². The minimum atomic E-state index is -1.03. The zero-order valence-electron chi connectivity index (χ0n) is 12.4. The van der Waals surface area contributed by atoms with Gasteiger partial charge in [-0.2, -0.15) is 5.26 Å². The summed E-state index contributed by atoms with van der Waals surface area (Å²) in [5.74, 6) is -1.54. The fourth-order valence-electron chi connectivity index (χ4n) is 1.87. The van der Waals surface area contributed by atoms with Gasteiger partial charge < -0.3 is 10.4 Å². The van der Waals surface area contributed by atoms with Crippen molar-refractivity contribution in [1.82, 2.24) is 0 Å². The number of nitrogens with zero attached hydrogens (tertiary/aromatic N) is 1. The molecule has 0 aromatic heterocycles. The van der Waals surface area contributed by atoms with E-state index >= 15 is 0 Å². The molecule has 0 heterocycles. The lowest BCUT2D eigenvalue weighted by molar-refractivity contribution is -0.112. The molecule has 2 rings (SSSR count). The Morgan fingerprint density at radius 2 is 1.70 bits per heavy atom. The summed E-state index contributed by atoms with van der Waals surface area (Å²) in [5.41, 5.74) is 2.32. The fraction of sp³-hybridized carbons (Fsp3) is 0.0556. The number of aryl methyl sites for hydroxylation is 1. The third-order valence-electron chi connectivity index (χ3n) is 3.14. The third kappa shape index (κ3) is 4.29. The van der Waals surface area contributed by atoms with Gasteiger partial charge in [-0.25, -0.2) is 4.79 Å². The Bertz CT molecular complexity index is 798. The van der Waals surface area contributed by atoms with Crippen LogP contribution in [0.5, 0.6) is 0 Å². The summed E-state index contributed by atoms with van der Waals surface area (Å²) in [7, 11) is 0. The van der Waals surface area contributed by atoms with Gasteiger partial charge in [0.05, 0.1) is 5.56 Å². The van der Waals surface area contributed by atoms with Gasteiger partial charge in [-0.15, -0.1) is 0 Å². The van der Waals surface area contributed by atoms with Crippen molar-refractivity contribution in [2.45, 2.75) is 6.92 Å². The minimum Gasteiger partial charge on any atom is -0.478 e. The fourth-order valence-corrected chi connectivity index (χ4v) is 1.87. The average molecular weight is 306 g/mol. The highest BCUT2D eigenvalue weighted by Crippen LogP contribution is 2.13. The van der Waals surface area contributed by atoms with E-state index < -0.39 is 11.9 Å². The number of carboxylic acid groups (broad SMARTS) is 1. The first-order valence-electron chi connectivity index (χ1n) is 6.83. The van der Waals surface area contributed by atoms with Crippen molar-refractivity contribution >= 4 is 23.6 Å². The number of carbonyl (C=O) groups excluding carboxylic acids is 1. The van der Waals surface area contributed by atoms with Gasteiger partial charge >= 0.3 is 5.97 Å². The molecule has 23 heavy (non-hydrogen) atoms. The molecule has 0 unspecified atom stereocenters. The van der Waals surface area contributed by atoms with Gasteiger partial charge in [-0.1, -0.05) is 29.8 Å². The maximum absolute atomic E-state index is 12.1. The summed E-state index contributed by atoms with van der Waals surface area (Å²) in [6, 6.07) is 15.0. The van der Waals surface area contributed by atoms with E-state index in [0.29, 0.717) is 11.3 Å². The second-order valence-corrected chi connectivity index (χ2v) is 4.92. The molecule has 5 heteroatoms. The number of anilines is 1. The Balaban J connectivity index is 2.17. The van der Waals surface area contributed by atoms with Crippen LogP contribution in [0.4, 0.5) is 5.69 Å². The molecule has 0 radical (unpaired) electrons. The normalized spacial score (nSPS) is 10.7. The summed E-state index contributed by atoms with van der Waals surface area (Å²) in [6.45, 7) is 1.94. The summed E-state index contributed by atoms with van der Waals surface area (Å²) < 4.78 is 0. The van der Waals surface area contributed by atoms with Crippen LogP contribution < -0.4 is 5.32 Å². The van der Waals surface area contributed by atoms with Crippen LogP contribution in [-0.2, 0) is 4.79 Å². The molecule has 2 aromatic rings. The number of nitriles is 1. The number of carbonyl (C=O) groups is 2. The van der Waals surface area contributed by atoms with Gasteiger partial charge in [0.15, 0.2) is 0 Å². The molecule has 0 fully saturated rings. The van der Waals surface area contributed by atoms with Gasteiger partial charge in [-0.05, 0) is 42.8 Å². The SMILES string of the molecule is Cc1ccc(NC(=O)C(C#N)=Cc2ccc(C(=O)O)cc2)cc1. The van der Waals surface area contributed by atoms with Gasteiger partial charge in [0.2, 0.25) is 0 Å². The summed E-state index contributed by atoms with van der Waals surface area (Å²) >= 11 is 0. The summed E-state index contributed by atoms with van der Waals surface area (Å²) in [5, 5.41) is 20.6. The van der Waals surface area contributed by atoms with Crippen molar-refractivity contribution in [1.29, 1.82) is 5.26 Å². The van der Waals surface area contributed by atoms with Crippen LogP contribution in [0.25, 0.3) is 6.08 Å². The number of rotatable bonds is 4. The predicted octanol–water partition coefficient (Wildman–Crippen LogP) is 3.24. The minimum absolute atomic E-state index is 0.0614. The first-order valence-corrected chi connectivity index (χ1v) is 6.83. The third-order valence-corrected chi connectivity index (χ3v) is 3.14. The molecule has 114 valence electrons. The molecular formula is C18H14N2O3. The number of benzene rings is 2. The molecule has 0 aliphatic rings. The van der Waals surface area contributed by atoms with Crippen LogP contribution in [0, 0.1) is 18.3 Å². The van der Waals surface area contributed by atoms with Gasteiger partial charge in [-0.3, -0.25) is 4.79 Å². The largest absolute Gasteiger partial charge is 0.478 e. The Morgan fingerprint density at radius 3 is 2.22 bits per heavy atom. The number of hydrogen-bond donors (Lipinski definition) is 2. The molecule has 0 atom stereocenters. The number of hydrogen-bond acceptors (Lipinski definition) is 3. The highest BCUT2D eigenvalue weighted by atomic mass is 16.4. The lowest BCUT2D eigenvalue weighted by atomic mass is 10.1. The summed E-state index contributed by atoms with van der Waals surface area (Å²) in [4.78, 5) is 22.9. The monoisotopic (exact) mass is 306 g/mol. The van der Waals surface area contributed by atoms with Crippen LogP contribution in [-0.4, -0.2) is 17.0 Å². The van der Waals surface area contributed by atoms with E-state index in [2.05, 4.69) is 5.32 Å². The van der Waals surface area contributed by atoms with E-state index in [1.807, 2.05) is 25.1 Å². The van der Waals surface area contributed by atoms with Gasteiger partial charge in [0, 0.05) is 5.69 Å². The Kier molecular flexibility index (Phi) is 4.90. The number of amides is 1. The Hall–Kier alpha value is -3.39. The first kappa shape index (κ1) is 16.0. The smallest absolute Gasteiger partial charge is 0.335 e. The molecule has 5 nitrogen and oxygen atoms in total. The maximum atomic E-state index is 12.1. The molecule has 0 spiro atoms. The van der Waals surface area contributed by atoms with Gasteiger partial charge in [0.25, 0.3) is 5.91 Å². The highest BCUT2D eigenvalue weighted by Gasteiger charge is 2.10. The summed E-state index contributed by atoms with van der Waals surface area (Å²) in [6.07, 6.45) is 1.41. The molecule has 2 aromatic carbocycles. The van der Waals surface area contributed by atoms with Crippen molar-refractivity contribution in [3.8, 4) is 6.07 Å². The molecule has 0 bridgehead atoms. The van der Waals surface area contributed by atoms with E-state index in [0.717, 1.165) is 5.56 Å². The van der Waals surface area contributed by atoms with Crippen molar-refractivity contribution < 1.29 is 14.7 Å². The highest BCUT2D eigenvalue weighted by molar-refractivity contribution is 6.09. The molecule has 0 saturated heterocycles. The molecule has 1 amide bonds. The van der Waals surface area contributed by atoms with Crippen LogP contribution in [0.3, 0.4) is 0 Å². The van der Waals surface area contributed by atoms with Crippen LogP contribution in [0.2, 0.25) is 0 Å². The molecule has 0 aliphatic heterocycles. The molecular weight excluding hydrogens is 292 g/mol. The van der Waals surface area contributed by atoms with Crippen LogP contribution in [0.1, 0.15) is 21.5 Å². The van der Waals surface area contributed by atoms with Crippen LogP contribution in [0.15, 0.2) is 54.1 Å². The van der Waals surface area contributed by atoms with Crippen molar-refractivity contribution in [3.63, 3.8) is 0 Å². The zero-order valence-corrected chi connectivity index (χ0v) is 12.4. The Morgan fingerprint density at radius 1 is 1.09 bits per heavy atom. The second kappa shape index (κ2) is 7.05. The Labute approximate surface area is 133 Å². The number of aromatic carboxylic acids is 1. The van der Waals surface area contributed by atoms with E-state index in [4.69, 9.17) is 10.4 Å². The number of carboxylic acids is 1. The maximum Gasteiger partial charge on any atom is 0.335 e. The van der Waals surface area contributed by atoms with E-state index in [1.54, 1.807) is 24.3 Å². The lowest BCUT2D eigenvalue weighted by Gasteiger charge is -2.04. The van der Waals surface area contributed by atoms with E-state index in [9.17, 15) is 9.59 Å². The van der Waals surface area contributed by atoms with E-state index in [1.165, 1.54) is 18.2 Å². The van der Waals surface area contributed by atoms with Crippen molar-refractivity contribution in [2.24, 2.45) is 0 Å². The lowest BCUT2D eigenvalue weighted by Crippen LogP contribution is -2.13. The van der Waals surface area contributed by atoms with E-state index in [-0.39, 0.29) is 11.1 Å². The quantitative estimate of drug-likeness (QED) is 0.670. The standard InChI is InChI=1S/C18H14N2O3/c1-12-2-8-16(9-3-12)20-17(21)15(11-19)10-13-4-6-14(7-5-13)18(22)23/h2-10H,1H3,(H,20,21)(H,22,23). The number of nitrogens with one attached hydrogen (secondary N) is 1. The average Bonchev–Trinajstić information content (AvgIpc) is 2.55.